The van der Waals surface area contributed by atoms with Crippen LogP contribution in [0.25, 0.3) is 10.9 Å². The van der Waals surface area contributed by atoms with Crippen LogP contribution in [0.1, 0.15) is 19.4 Å². The number of pyridine rings is 1. The summed E-state index contributed by atoms with van der Waals surface area (Å²) in [7, 11) is 1.68. The van der Waals surface area contributed by atoms with Crippen molar-refractivity contribution in [1.82, 2.24) is 4.98 Å². The lowest BCUT2D eigenvalue weighted by Crippen LogP contribution is -2.27. The zero-order chi connectivity index (χ0) is 15.6. The molecule has 22 heavy (non-hydrogen) atoms. The Balaban J connectivity index is 1.87. The van der Waals surface area contributed by atoms with Crippen LogP contribution < -0.4 is 10.1 Å². The van der Waals surface area contributed by atoms with Crippen LogP contribution in [0.2, 0.25) is 0 Å². The number of benzene rings is 2. The third-order valence-corrected chi connectivity index (χ3v) is 3.87. The monoisotopic (exact) mass is 292 g/mol. The predicted molar refractivity (Wildman–Crippen MR) is 91.4 cm³/mol. The molecule has 0 unspecified atom stereocenters. The lowest BCUT2D eigenvalue weighted by molar-refractivity contribution is 0.414. The van der Waals surface area contributed by atoms with Crippen molar-refractivity contribution in [2.75, 3.05) is 12.4 Å². The Morgan fingerprint density at radius 1 is 1.00 bits per heavy atom. The van der Waals surface area contributed by atoms with E-state index in [-0.39, 0.29) is 5.54 Å². The number of hydrogen-bond acceptors (Lipinski definition) is 3. The Kier molecular flexibility index (Phi) is 3.72. The van der Waals surface area contributed by atoms with Crippen LogP contribution in [0.3, 0.4) is 0 Å². The van der Waals surface area contributed by atoms with Gasteiger partial charge in [-0.2, -0.15) is 0 Å². The smallest absolute Gasteiger partial charge is 0.118 e. The summed E-state index contributed by atoms with van der Waals surface area (Å²) in [5.41, 5.74) is 3.12. The summed E-state index contributed by atoms with van der Waals surface area (Å²) in [6.45, 7) is 4.34. The Hall–Kier alpha value is -2.55. The summed E-state index contributed by atoms with van der Waals surface area (Å²) in [5.74, 6) is 0.872. The van der Waals surface area contributed by atoms with Crippen molar-refractivity contribution in [3.63, 3.8) is 0 Å². The molecule has 0 aliphatic heterocycles. The summed E-state index contributed by atoms with van der Waals surface area (Å²) >= 11 is 0. The fourth-order valence-electron chi connectivity index (χ4n) is 2.59. The highest BCUT2D eigenvalue weighted by molar-refractivity contribution is 5.82. The van der Waals surface area contributed by atoms with Gasteiger partial charge in [0.1, 0.15) is 5.75 Å². The van der Waals surface area contributed by atoms with Crippen LogP contribution in [-0.4, -0.2) is 12.1 Å². The molecule has 3 heteroatoms. The fraction of sp³-hybridized carbons (Fsp3) is 0.211. The topological polar surface area (TPSA) is 34.1 Å². The first kappa shape index (κ1) is 14.4. The summed E-state index contributed by atoms with van der Waals surface area (Å²) in [5, 5.41) is 4.73. The van der Waals surface area contributed by atoms with E-state index in [0.717, 1.165) is 22.3 Å². The molecule has 0 radical (unpaired) electrons. The normalized spacial score (nSPS) is 11.4. The molecule has 0 saturated heterocycles. The van der Waals surface area contributed by atoms with Gasteiger partial charge in [0.2, 0.25) is 0 Å². The second kappa shape index (κ2) is 5.68. The number of rotatable bonds is 4. The maximum absolute atomic E-state index is 5.22. The maximum Gasteiger partial charge on any atom is 0.118 e. The zero-order valence-corrected chi connectivity index (χ0v) is 13.1. The van der Waals surface area contributed by atoms with Gasteiger partial charge in [0.15, 0.2) is 0 Å². The number of hydrogen-bond donors (Lipinski definition) is 1. The van der Waals surface area contributed by atoms with Crippen molar-refractivity contribution in [3.05, 3.63) is 66.4 Å². The number of fused-ring (bicyclic) bond motifs is 1. The van der Waals surface area contributed by atoms with E-state index in [1.807, 2.05) is 30.5 Å². The lowest BCUT2D eigenvalue weighted by atomic mass is 9.93. The number of anilines is 1. The van der Waals surface area contributed by atoms with Crippen molar-refractivity contribution in [3.8, 4) is 5.75 Å². The van der Waals surface area contributed by atoms with E-state index in [9.17, 15) is 0 Å². The molecule has 0 aliphatic rings. The molecule has 3 aromatic rings. The van der Waals surface area contributed by atoms with Crippen LogP contribution in [0.15, 0.2) is 60.8 Å². The van der Waals surface area contributed by atoms with Gasteiger partial charge >= 0.3 is 0 Å². The minimum Gasteiger partial charge on any atom is -0.497 e. The van der Waals surface area contributed by atoms with E-state index in [0.29, 0.717) is 0 Å². The summed E-state index contributed by atoms with van der Waals surface area (Å²) < 4.78 is 5.22. The first-order valence-electron chi connectivity index (χ1n) is 7.36. The van der Waals surface area contributed by atoms with E-state index in [1.54, 1.807) is 7.11 Å². The van der Waals surface area contributed by atoms with Gasteiger partial charge in [-0.25, -0.2) is 0 Å². The minimum absolute atomic E-state index is 0.178. The standard InChI is InChI=1S/C19H20N2O/c1-19(2,15-6-9-17(22-3)10-7-15)21-16-8-11-18-14(13-16)5-4-12-20-18/h4-13,21H,1-3H3. The molecular weight excluding hydrogens is 272 g/mol. The number of methoxy groups -OCH3 is 1. The summed E-state index contributed by atoms with van der Waals surface area (Å²) in [6, 6.07) is 18.4. The fourth-order valence-corrected chi connectivity index (χ4v) is 2.59. The molecule has 3 nitrogen and oxygen atoms in total. The maximum atomic E-state index is 5.22. The highest BCUT2D eigenvalue weighted by Crippen LogP contribution is 2.28. The lowest BCUT2D eigenvalue weighted by Gasteiger charge is -2.28. The molecule has 3 rings (SSSR count). The Morgan fingerprint density at radius 2 is 1.77 bits per heavy atom. The van der Waals surface area contributed by atoms with Gasteiger partial charge in [0.25, 0.3) is 0 Å². The third-order valence-electron chi connectivity index (χ3n) is 3.87. The molecule has 0 bridgehead atoms. The number of aromatic nitrogens is 1. The SMILES string of the molecule is COc1ccc(C(C)(C)Nc2ccc3ncccc3c2)cc1. The molecule has 0 amide bonds. The molecule has 0 spiro atoms. The second-order valence-corrected chi connectivity index (χ2v) is 5.89. The van der Waals surface area contributed by atoms with Crippen molar-refractivity contribution < 1.29 is 4.74 Å². The van der Waals surface area contributed by atoms with E-state index >= 15 is 0 Å². The average Bonchev–Trinajstić information content (AvgIpc) is 2.54. The largest absolute Gasteiger partial charge is 0.497 e. The van der Waals surface area contributed by atoms with Gasteiger partial charge in [-0.1, -0.05) is 18.2 Å². The number of ether oxygens (including phenoxy) is 1. The third kappa shape index (κ3) is 2.89. The quantitative estimate of drug-likeness (QED) is 0.763. The molecule has 112 valence electrons. The van der Waals surface area contributed by atoms with Crippen molar-refractivity contribution in [1.29, 1.82) is 0 Å². The average molecular weight is 292 g/mol. The van der Waals surface area contributed by atoms with Crippen molar-refractivity contribution in [2.45, 2.75) is 19.4 Å². The van der Waals surface area contributed by atoms with Gasteiger partial charge in [-0.3, -0.25) is 4.98 Å². The molecule has 1 N–H and O–H groups in total. The molecule has 1 heterocycles. The van der Waals surface area contributed by atoms with E-state index in [1.165, 1.54) is 5.56 Å². The van der Waals surface area contributed by atoms with Gasteiger partial charge in [-0.15, -0.1) is 0 Å². The molecule has 0 aliphatic carbocycles. The predicted octanol–water partition coefficient (Wildman–Crippen LogP) is 4.59. The Bertz CT molecular complexity index is 779. The van der Waals surface area contributed by atoms with Crippen molar-refractivity contribution in [2.24, 2.45) is 0 Å². The van der Waals surface area contributed by atoms with Gasteiger partial charge in [0.05, 0.1) is 18.2 Å². The number of nitrogens with zero attached hydrogens (tertiary/aromatic N) is 1. The molecule has 1 aromatic heterocycles. The van der Waals surface area contributed by atoms with Crippen molar-refractivity contribution >= 4 is 16.6 Å². The second-order valence-electron chi connectivity index (χ2n) is 5.89. The number of nitrogens with one attached hydrogen (secondary N) is 1. The first-order chi connectivity index (χ1) is 10.6. The summed E-state index contributed by atoms with van der Waals surface area (Å²) in [4.78, 5) is 4.35. The summed E-state index contributed by atoms with van der Waals surface area (Å²) in [6.07, 6.45) is 1.82. The van der Waals surface area contributed by atoms with Crippen LogP contribution in [0.4, 0.5) is 5.69 Å². The Labute approximate surface area is 131 Å². The molecule has 2 aromatic carbocycles. The molecule has 0 atom stereocenters. The van der Waals surface area contributed by atoms with Crippen LogP contribution >= 0.6 is 0 Å². The van der Waals surface area contributed by atoms with E-state index in [2.05, 4.69) is 54.5 Å². The van der Waals surface area contributed by atoms with Crippen LogP contribution in [0, 0.1) is 0 Å². The van der Waals surface area contributed by atoms with Crippen LogP contribution in [0.5, 0.6) is 5.75 Å². The first-order valence-corrected chi connectivity index (χ1v) is 7.36. The van der Waals surface area contributed by atoms with Gasteiger partial charge in [0, 0.05) is 17.3 Å². The highest BCUT2D eigenvalue weighted by atomic mass is 16.5. The molecule has 0 saturated carbocycles. The van der Waals surface area contributed by atoms with Gasteiger partial charge < -0.3 is 10.1 Å². The Morgan fingerprint density at radius 3 is 2.50 bits per heavy atom. The van der Waals surface area contributed by atoms with Gasteiger partial charge in [-0.05, 0) is 55.8 Å². The molecular formula is C19H20N2O. The highest BCUT2D eigenvalue weighted by Gasteiger charge is 2.20. The minimum atomic E-state index is -0.178. The van der Waals surface area contributed by atoms with E-state index in [4.69, 9.17) is 4.74 Å². The van der Waals surface area contributed by atoms with Crippen LogP contribution in [-0.2, 0) is 5.54 Å². The zero-order valence-electron chi connectivity index (χ0n) is 13.1. The van der Waals surface area contributed by atoms with E-state index < -0.39 is 0 Å². The molecule has 0 fully saturated rings.